The van der Waals surface area contributed by atoms with Crippen LogP contribution >= 0.6 is 11.3 Å². The fourth-order valence-electron chi connectivity index (χ4n) is 0.760. The van der Waals surface area contributed by atoms with Gasteiger partial charge in [0.15, 0.2) is 0 Å². The zero-order valence-electron chi connectivity index (χ0n) is 4.91. The Morgan fingerprint density at radius 2 is 2.30 bits per heavy atom. The molecule has 4 heteroatoms. The van der Waals surface area contributed by atoms with Crippen LogP contribution in [0.1, 0.15) is 0 Å². The van der Waals surface area contributed by atoms with Crippen LogP contribution < -0.4 is 0 Å². The van der Waals surface area contributed by atoms with E-state index < -0.39 is 5.95 Å². The first-order chi connectivity index (χ1) is 4.88. The quantitative estimate of drug-likeness (QED) is 0.541. The molecule has 2 heterocycles. The van der Waals surface area contributed by atoms with Gasteiger partial charge in [0.05, 0.1) is 5.39 Å². The van der Waals surface area contributed by atoms with Crippen molar-refractivity contribution >= 4 is 21.6 Å². The summed E-state index contributed by atoms with van der Waals surface area (Å²) in [4.78, 5) is 7.98. The number of rotatable bonds is 0. The summed E-state index contributed by atoms with van der Waals surface area (Å²) < 4.78 is 12.7. The van der Waals surface area contributed by atoms with Crippen molar-refractivity contribution in [1.29, 1.82) is 0 Å². The summed E-state index contributed by atoms with van der Waals surface area (Å²) in [5.41, 5.74) is 0. The van der Waals surface area contributed by atoms with Gasteiger partial charge in [-0.1, -0.05) is 0 Å². The zero-order chi connectivity index (χ0) is 6.97. The molecule has 50 valence electrons. The third kappa shape index (κ3) is 0.690. The van der Waals surface area contributed by atoms with Crippen LogP contribution in [0.15, 0.2) is 17.8 Å². The number of hydrogen-bond donors (Lipinski definition) is 0. The summed E-state index contributed by atoms with van der Waals surface area (Å²) in [6.45, 7) is 0. The highest BCUT2D eigenvalue weighted by atomic mass is 32.1. The van der Waals surface area contributed by atoms with Crippen LogP contribution in [-0.2, 0) is 0 Å². The maximum absolute atomic E-state index is 12.7. The van der Waals surface area contributed by atoms with Gasteiger partial charge in [-0.2, -0.15) is 4.39 Å². The van der Waals surface area contributed by atoms with E-state index in [9.17, 15) is 4.39 Å². The molecule has 0 aliphatic rings. The maximum Gasteiger partial charge on any atom is 0.224 e. The second-order valence-corrected chi connectivity index (χ2v) is 2.70. The molecule has 0 saturated heterocycles. The average Bonchev–Trinajstić information content (AvgIpc) is 2.36. The Bertz CT molecular complexity index is 357. The van der Waals surface area contributed by atoms with Gasteiger partial charge in [-0.15, -0.1) is 11.3 Å². The van der Waals surface area contributed by atoms with E-state index in [4.69, 9.17) is 0 Å². The highest BCUT2D eigenvalue weighted by Crippen LogP contribution is 2.18. The number of aromatic nitrogens is 2. The Morgan fingerprint density at radius 1 is 1.40 bits per heavy atom. The smallest absolute Gasteiger partial charge is 0.224 e. The second kappa shape index (κ2) is 1.98. The van der Waals surface area contributed by atoms with Crippen molar-refractivity contribution in [3.05, 3.63) is 23.7 Å². The first-order valence-electron chi connectivity index (χ1n) is 2.71. The van der Waals surface area contributed by atoms with Crippen LogP contribution in [0.2, 0.25) is 0 Å². The Hall–Kier alpha value is -1.03. The molecule has 0 atom stereocenters. The first-order valence-corrected chi connectivity index (χ1v) is 3.59. The minimum Gasteiger partial charge on any atom is -0.225 e. The zero-order valence-corrected chi connectivity index (χ0v) is 5.73. The molecule has 0 fully saturated rings. The lowest BCUT2D eigenvalue weighted by Gasteiger charge is -1.86. The molecule has 2 nitrogen and oxygen atoms in total. The molecule has 0 spiro atoms. The van der Waals surface area contributed by atoms with Crippen molar-refractivity contribution in [2.75, 3.05) is 0 Å². The summed E-state index contributed by atoms with van der Waals surface area (Å²) >= 11 is 1.41. The molecule has 0 amide bonds. The SMILES string of the molecule is Fc1ncnc2sccc12. The molecule has 2 aromatic heterocycles. The topological polar surface area (TPSA) is 25.8 Å². The summed E-state index contributed by atoms with van der Waals surface area (Å²) in [7, 11) is 0. The number of thiophene rings is 1. The molecule has 0 N–H and O–H groups in total. The van der Waals surface area contributed by atoms with E-state index in [2.05, 4.69) is 9.97 Å². The summed E-state index contributed by atoms with van der Waals surface area (Å²) in [6.07, 6.45) is 1.23. The van der Waals surface area contributed by atoms with E-state index in [1.54, 1.807) is 11.4 Å². The van der Waals surface area contributed by atoms with Crippen molar-refractivity contribution < 1.29 is 4.39 Å². The normalized spacial score (nSPS) is 10.5. The molecule has 2 rings (SSSR count). The monoisotopic (exact) mass is 154 g/mol. The fraction of sp³-hybridized carbons (Fsp3) is 0. The Morgan fingerprint density at radius 3 is 3.10 bits per heavy atom. The fourth-order valence-corrected chi connectivity index (χ4v) is 1.48. The largest absolute Gasteiger partial charge is 0.225 e. The van der Waals surface area contributed by atoms with Crippen LogP contribution in [0.4, 0.5) is 4.39 Å². The number of fused-ring (bicyclic) bond motifs is 1. The van der Waals surface area contributed by atoms with Gasteiger partial charge in [0.25, 0.3) is 0 Å². The molecule has 0 radical (unpaired) electrons. The first kappa shape index (κ1) is 5.73. The molecule has 0 bridgehead atoms. The van der Waals surface area contributed by atoms with Gasteiger partial charge in [0.1, 0.15) is 11.2 Å². The lowest BCUT2D eigenvalue weighted by molar-refractivity contribution is 0.594. The predicted molar refractivity (Wildman–Crippen MR) is 37.4 cm³/mol. The third-order valence-corrected chi connectivity index (χ3v) is 2.03. The van der Waals surface area contributed by atoms with Crippen LogP contribution in [0.3, 0.4) is 0 Å². The Kier molecular flexibility index (Phi) is 1.14. The Labute approximate surface area is 60.4 Å². The summed E-state index contributed by atoms with van der Waals surface area (Å²) in [5, 5.41) is 2.30. The van der Waals surface area contributed by atoms with Crippen LogP contribution in [0.5, 0.6) is 0 Å². The highest BCUT2D eigenvalue weighted by molar-refractivity contribution is 7.16. The maximum atomic E-state index is 12.7. The molecule has 0 aliphatic heterocycles. The number of nitrogens with zero attached hydrogens (tertiary/aromatic N) is 2. The van der Waals surface area contributed by atoms with Crippen molar-refractivity contribution in [1.82, 2.24) is 9.97 Å². The lowest BCUT2D eigenvalue weighted by Crippen LogP contribution is -1.82. The van der Waals surface area contributed by atoms with Gasteiger partial charge in [-0.05, 0) is 11.4 Å². The van der Waals surface area contributed by atoms with Gasteiger partial charge in [-0.3, -0.25) is 0 Å². The number of hydrogen-bond acceptors (Lipinski definition) is 3. The van der Waals surface area contributed by atoms with Crippen LogP contribution in [0.25, 0.3) is 10.2 Å². The summed E-state index contributed by atoms with van der Waals surface area (Å²) in [5.74, 6) is -0.439. The van der Waals surface area contributed by atoms with Crippen molar-refractivity contribution in [2.45, 2.75) is 0 Å². The standard InChI is InChI=1S/C6H3FN2S/c7-5-4-1-2-10-6(4)9-3-8-5/h1-3H. The molecule has 10 heavy (non-hydrogen) atoms. The molecule has 0 aliphatic carbocycles. The van der Waals surface area contributed by atoms with E-state index >= 15 is 0 Å². The van der Waals surface area contributed by atoms with Gasteiger partial charge < -0.3 is 0 Å². The van der Waals surface area contributed by atoms with Gasteiger partial charge in [0, 0.05) is 0 Å². The van der Waals surface area contributed by atoms with Crippen molar-refractivity contribution in [2.24, 2.45) is 0 Å². The highest BCUT2D eigenvalue weighted by Gasteiger charge is 2.00. The van der Waals surface area contributed by atoms with Crippen molar-refractivity contribution in [3.63, 3.8) is 0 Å². The minimum absolute atomic E-state index is 0.439. The number of halogens is 1. The molecule has 2 aromatic rings. The molecule has 0 unspecified atom stereocenters. The van der Waals surface area contributed by atoms with E-state index in [0.29, 0.717) is 10.2 Å². The van der Waals surface area contributed by atoms with Crippen LogP contribution in [0, 0.1) is 5.95 Å². The van der Waals surface area contributed by atoms with Gasteiger partial charge in [0.2, 0.25) is 5.95 Å². The lowest BCUT2D eigenvalue weighted by atomic mass is 10.4. The molecule has 0 aromatic carbocycles. The average molecular weight is 154 g/mol. The van der Waals surface area contributed by atoms with E-state index in [1.807, 2.05) is 0 Å². The second-order valence-electron chi connectivity index (χ2n) is 1.80. The predicted octanol–water partition coefficient (Wildman–Crippen LogP) is 1.83. The summed E-state index contributed by atoms with van der Waals surface area (Å²) in [6, 6.07) is 1.68. The molecule has 0 saturated carbocycles. The molecular formula is C6H3FN2S. The van der Waals surface area contributed by atoms with Crippen molar-refractivity contribution in [3.8, 4) is 0 Å². The van der Waals surface area contributed by atoms with Crippen LogP contribution in [-0.4, -0.2) is 9.97 Å². The van der Waals surface area contributed by atoms with Gasteiger partial charge in [-0.25, -0.2) is 9.97 Å². The Balaban J connectivity index is 2.95. The van der Waals surface area contributed by atoms with Gasteiger partial charge >= 0.3 is 0 Å². The van der Waals surface area contributed by atoms with E-state index in [-0.39, 0.29) is 0 Å². The minimum atomic E-state index is -0.439. The third-order valence-electron chi connectivity index (χ3n) is 1.21. The van der Waals surface area contributed by atoms with E-state index in [1.165, 1.54) is 17.7 Å². The molecular weight excluding hydrogens is 151 g/mol. The van der Waals surface area contributed by atoms with E-state index in [0.717, 1.165) is 0 Å².